The highest BCUT2D eigenvalue weighted by molar-refractivity contribution is 7.92. The van der Waals surface area contributed by atoms with E-state index in [9.17, 15) is 13.2 Å². The molecule has 2 atom stereocenters. The molecular formula is C22H30N2O4S. The highest BCUT2D eigenvalue weighted by Crippen LogP contribution is 2.23. The standard InChI is InChI=1S/C22H30N2O4S/c1-6-21(24(29(5,26)27)19-9-7-8-17(3)14-19)22(25)23-18(4)15-28-20-12-10-16(2)11-13-20/h7-14,18,21H,6,15H2,1-5H3,(H,23,25)/t18-,21-/m0/s1. The van der Waals surface area contributed by atoms with Crippen LogP contribution >= 0.6 is 0 Å². The third kappa shape index (κ3) is 6.49. The molecule has 2 aromatic rings. The van der Waals surface area contributed by atoms with Gasteiger partial charge in [0.15, 0.2) is 0 Å². The highest BCUT2D eigenvalue weighted by Gasteiger charge is 2.32. The smallest absolute Gasteiger partial charge is 0.244 e. The van der Waals surface area contributed by atoms with Crippen molar-refractivity contribution in [1.82, 2.24) is 5.32 Å². The molecule has 0 heterocycles. The molecular weight excluding hydrogens is 388 g/mol. The maximum atomic E-state index is 12.9. The van der Waals surface area contributed by atoms with E-state index in [4.69, 9.17) is 4.74 Å². The van der Waals surface area contributed by atoms with Crippen molar-refractivity contribution in [1.29, 1.82) is 0 Å². The van der Waals surface area contributed by atoms with E-state index in [1.165, 1.54) is 4.31 Å². The fourth-order valence-electron chi connectivity index (χ4n) is 3.06. The third-order valence-electron chi connectivity index (χ3n) is 4.50. The number of anilines is 1. The molecule has 0 aromatic heterocycles. The van der Waals surface area contributed by atoms with Crippen molar-refractivity contribution >= 4 is 21.6 Å². The van der Waals surface area contributed by atoms with Gasteiger partial charge in [-0.15, -0.1) is 0 Å². The Morgan fingerprint density at radius 2 is 1.76 bits per heavy atom. The molecule has 29 heavy (non-hydrogen) atoms. The quantitative estimate of drug-likeness (QED) is 0.677. The van der Waals surface area contributed by atoms with E-state index in [0.29, 0.717) is 12.1 Å². The van der Waals surface area contributed by atoms with Crippen molar-refractivity contribution in [3.05, 3.63) is 59.7 Å². The summed E-state index contributed by atoms with van der Waals surface area (Å²) >= 11 is 0. The summed E-state index contributed by atoms with van der Waals surface area (Å²) in [5, 5.41) is 2.88. The van der Waals surface area contributed by atoms with Gasteiger partial charge in [-0.3, -0.25) is 9.10 Å². The molecule has 6 nitrogen and oxygen atoms in total. The summed E-state index contributed by atoms with van der Waals surface area (Å²) in [5.74, 6) is 0.376. The number of rotatable bonds is 9. The minimum Gasteiger partial charge on any atom is -0.491 e. The number of carbonyl (C=O) groups is 1. The second-order valence-corrected chi connectivity index (χ2v) is 9.21. The van der Waals surface area contributed by atoms with E-state index in [1.54, 1.807) is 25.1 Å². The summed E-state index contributed by atoms with van der Waals surface area (Å²) < 4.78 is 31.9. The van der Waals surface area contributed by atoms with E-state index in [-0.39, 0.29) is 18.6 Å². The lowest BCUT2D eigenvalue weighted by Crippen LogP contribution is -2.52. The summed E-state index contributed by atoms with van der Waals surface area (Å²) in [7, 11) is -3.64. The fourth-order valence-corrected chi connectivity index (χ4v) is 4.27. The van der Waals surface area contributed by atoms with Gasteiger partial charge in [0.05, 0.1) is 18.0 Å². The monoisotopic (exact) mass is 418 g/mol. The van der Waals surface area contributed by atoms with Crippen LogP contribution in [0, 0.1) is 13.8 Å². The van der Waals surface area contributed by atoms with Crippen LogP contribution in [0.2, 0.25) is 0 Å². The Morgan fingerprint density at radius 3 is 2.31 bits per heavy atom. The molecule has 0 radical (unpaired) electrons. The Kier molecular flexibility index (Phi) is 7.67. The summed E-state index contributed by atoms with van der Waals surface area (Å²) in [6, 6.07) is 13.7. The van der Waals surface area contributed by atoms with Gasteiger partial charge in [0, 0.05) is 0 Å². The summed E-state index contributed by atoms with van der Waals surface area (Å²) in [6.07, 6.45) is 1.47. The second kappa shape index (κ2) is 9.78. The maximum absolute atomic E-state index is 12.9. The van der Waals surface area contributed by atoms with Gasteiger partial charge in [0.2, 0.25) is 15.9 Å². The number of amides is 1. The third-order valence-corrected chi connectivity index (χ3v) is 5.68. The van der Waals surface area contributed by atoms with Gasteiger partial charge < -0.3 is 10.1 Å². The van der Waals surface area contributed by atoms with Crippen LogP contribution in [0.25, 0.3) is 0 Å². The van der Waals surface area contributed by atoms with Crippen LogP contribution in [-0.2, 0) is 14.8 Å². The molecule has 0 bridgehead atoms. The Hall–Kier alpha value is -2.54. The molecule has 0 aliphatic heterocycles. The molecule has 158 valence electrons. The number of hydrogen-bond acceptors (Lipinski definition) is 4. The van der Waals surface area contributed by atoms with Crippen LogP contribution in [0.4, 0.5) is 5.69 Å². The van der Waals surface area contributed by atoms with Gasteiger partial charge in [-0.1, -0.05) is 36.8 Å². The van der Waals surface area contributed by atoms with Gasteiger partial charge in [-0.05, 0) is 57.0 Å². The van der Waals surface area contributed by atoms with E-state index >= 15 is 0 Å². The van der Waals surface area contributed by atoms with E-state index in [1.807, 2.05) is 51.1 Å². The highest BCUT2D eigenvalue weighted by atomic mass is 32.2. The van der Waals surface area contributed by atoms with Crippen LogP contribution in [0.3, 0.4) is 0 Å². The average molecular weight is 419 g/mol. The minimum atomic E-state index is -3.64. The molecule has 0 saturated carbocycles. The van der Waals surface area contributed by atoms with Crippen LogP contribution in [-0.4, -0.2) is 39.3 Å². The van der Waals surface area contributed by atoms with E-state index in [2.05, 4.69) is 5.32 Å². The molecule has 0 aliphatic rings. The molecule has 2 aromatic carbocycles. The zero-order chi connectivity index (χ0) is 21.6. The lowest BCUT2D eigenvalue weighted by atomic mass is 10.1. The van der Waals surface area contributed by atoms with Crippen molar-refractivity contribution in [2.75, 3.05) is 17.2 Å². The summed E-state index contributed by atoms with van der Waals surface area (Å²) in [4.78, 5) is 12.9. The number of ether oxygens (including phenoxy) is 1. The molecule has 2 rings (SSSR count). The van der Waals surface area contributed by atoms with E-state index in [0.717, 1.165) is 23.1 Å². The topological polar surface area (TPSA) is 75.7 Å². The number of nitrogens with one attached hydrogen (secondary N) is 1. The van der Waals surface area contributed by atoms with Crippen molar-refractivity contribution in [3.63, 3.8) is 0 Å². The Balaban J connectivity index is 2.11. The lowest BCUT2D eigenvalue weighted by molar-refractivity contribution is -0.123. The van der Waals surface area contributed by atoms with Gasteiger partial charge in [-0.2, -0.15) is 0 Å². The average Bonchev–Trinajstić information content (AvgIpc) is 2.64. The molecule has 0 fully saturated rings. The Bertz CT molecular complexity index is 926. The lowest BCUT2D eigenvalue weighted by Gasteiger charge is -2.31. The number of benzene rings is 2. The van der Waals surface area contributed by atoms with Crippen molar-refractivity contribution < 1.29 is 17.9 Å². The predicted octanol–water partition coefficient (Wildman–Crippen LogP) is 3.43. The molecule has 1 amide bonds. The zero-order valence-corrected chi connectivity index (χ0v) is 18.5. The number of carbonyl (C=O) groups excluding carboxylic acids is 1. The molecule has 1 N–H and O–H groups in total. The molecule has 7 heteroatoms. The van der Waals surface area contributed by atoms with Crippen LogP contribution in [0.5, 0.6) is 5.75 Å². The van der Waals surface area contributed by atoms with Gasteiger partial charge in [-0.25, -0.2) is 8.42 Å². The zero-order valence-electron chi connectivity index (χ0n) is 17.7. The van der Waals surface area contributed by atoms with Gasteiger partial charge in [0.25, 0.3) is 0 Å². The summed E-state index contributed by atoms with van der Waals surface area (Å²) in [6.45, 7) is 7.80. The molecule has 0 aliphatic carbocycles. The summed E-state index contributed by atoms with van der Waals surface area (Å²) in [5.41, 5.74) is 2.55. The molecule has 0 unspecified atom stereocenters. The predicted molar refractivity (Wildman–Crippen MR) is 117 cm³/mol. The second-order valence-electron chi connectivity index (χ2n) is 7.36. The largest absolute Gasteiger partial charge is 0.491 e. The van der Waals surface area contributed by atoms with Crippen molar-refractivity contribution in [3.8, 4) is 5.75 Å². The van der Waals surface area contributed by atoms with Crippen molar-refractivity contribution in [2.24, 2.45) is 0 Å². The SMILES string of the molecule is CC[C@@H](C(=O)N[C@@H](C)COc1ccc(C)cc1)N(c1cccc(C)c1)S(C)(=O)=O. The van der Waals surface area contributed by atoms with Gasteiger partial charge >= 0.3 is 0 Å². The first-order valence-electron chi connectivity index (χ1n) is 9.67. The Morgan fingerprint density at radius 1 is 1.10 bits per heavy atom. The number of aryl methyl sites for hydroxylation is 2. The van der Waals surface area contributed by atoms with Gasteiger partial charge in [0.1, 0.15) is 18.4 Å². The minimum absolute atomic E-state index is 0.281. The number of hydrogen-bond donors (Lipinski definition) is 1. The maximum Gasteiger partial charge on any atom is 0.244 e. The van der Waals surface area contributed by atoms with Crippen LogP contribution in [0.1, 0.15) is 31.4 Å². The fraction of sp³-hybridized carbons (Fsp3) is 0.409. The normalized spacial score (nSPS) is 13.4. The van der Waals surface area contributed by atoms with Crippen LogP contribution < -0.4 is 14.4 Å². The first kappa shape index (κ1) is 22.7. The molecule has 0 saturated heterocycles. The first-order valence-corrected chi connectivity index (χ1v) is 11.5. The number of sulfonamides is 1. The van der Waals surface area contributed by atoms with E-state index < -0.39 is 16.1 Å². The van der Waals surface area contributed by atoms with Crippen molar-refractivity contribution in [2.45, 2.75) is 46.2 Å². The Labute approximate surface area is 173 Å². The van der Waals surface area contributed by atoms with Crippen LogP contribution in [0.15, 0.2) is 48.5 Å². The first-order chi connectivity index (χ1) is 13.6. The number of nitrogens with zero attached hydrogens (tertiary/aromatic N) is 1. The molecule has 0 spiro atoms.